The monoisotopic (exact) mass is 333 g/mol. The smallest absolute Gasteiger partial charge is 0.255 e. The molecule has 0 radical (unpaired) electrons. The molecule has 2 unspecified atom stereocenters. The van der Waals surface area contributed by atoms with Crippen molar-refractivity contribution in [1.82, 2.24) is 15.1 Å². The van der Waals surface area contributed by atoms with Crippen LogP contribution in [0, 0.1) is 6.92 Å². The summed E-state index contributed by atoms with van der Waals surface area (Å²) in [6, 6.07) is 8.26. The molecule has 0 aliphatic heterocycles. The number of carbonyl (C=O) groups excluding carboxylic acids is 1. The fraction of sp³-hybridized carbons (Fsp3) is 0.333. The van der Waals surface area contributed by atoms with Crippen molar-refractivity contribution >= 4 is 21.8 Å². The number of alkyl halides is 1. The summed E-state index contributed by atoms with van der Waals surface area (Å²) in [4.78, 5) is 12.6. The Morgan fingerprint density at radius 1 is 1.45 bits per heavy atom. The van der Waals surface area contributed by atoms with Crippen LogP contribution in [0.1, 0.15) is 33.2 Å². The van der Waals surface area contributed by atoms with Crippen LogP contribution in [0.15, 0.2) is 30.5 Å². The number of carbonyl (C=O) groups is 1. The van der Waals surface area contributed by atoms with Crippen LogP contribution in [0.4, 0.5) is 0 Å². The molecule has 1 aromatic carbocycles. The zero-order valence-electron chi connectivity index (χ0n) is 11.4. The minimum absolute atomic E-state index is 0.0123. The number of aryl methyl sites for hydroxylation is 1. The topological polar surface area (TPSA) is 46.9 Å². The lowest BCUT2D eigenvalue weighted by Gasteiger charge is -2.17. The van der Waals surface area contributed by atoms with Gasteiger partial charge in [-0.15, -0.1) is 0 Å². The predicted octanol–water partition coefficient (Wildman–Crippen LogP) is 2.52. The number of nitrogens with one attached hydrogen (secondary N) is 1. The van der Waals surface area contributed by atoms with E-state index >= 15 is 0 Å². The second kappa shape index (κ2) is 5.05. The number of halogens is 1. The molecule has 1 N–H and O–H groups in total. The lowest BCUT2D eigenvalue weighted by molar-refractivity contribution is 0.0937. The third kappa shape index (κ3) is 2.16. The van der Waals surface area contributed by atoms with E-state index in [1.807, 2.05) is 26.1 Å². The molecule has 2 aromatic rings. The van der Waals surface area contributed by atoms with Crippen molar-refractivity contribution < 1.29 is 4.79 Å². The van der Waals surface area contributed by atoms with Crippen molar-refractivity contribution in [2.24, 2.45) is 7.05 Å². The fourth-order valence-electron chi connectivity index (χ4n) is 2.66. The minimum Gasteiger partial charge on any atom is -0.344 e. The zero-order chi connectivity index (χ0) is 14.3. The molecule has 4 nitrogen and oxygen atoms in total. The van der Waals surface area contributed by atoms with Gasteiger partial charge in [-0.25, -0.2) is 0 Å². The highest BCUT2D eigenvalue weighted by Gasteiger charge is 2.32. The largest absolute Gasteiger partial charge is 0.344 e. The van der Waals surface area contributed by atoms with Crippen molar-refractivity contribution in [2.75, 3.05) is 0 Å². The van der Waals surface area contributed by atoms with E-state index in [1.165, 1.54) is 11.1 Å². The average molecular weight is 334 g/mol. The van der Waals surface area contributed by atoms with Gasteiger partial charge in [0, 0.05) is 17.6 Å². The third-order valence-corrected chi connectivity index (χ3v) is 4.79. The van der Waals surface area contributed by atoms with Crippen LogP contribution in [0.3, 0.4) is 0 Å². The van der Waals surface area contributed by atoms with Gasteiger partial charge in [0.05, 0.1) is 17.8 Å². The van der Waals surface area contributed by atoms with E-state index in [1.54, 1.807) is 10.9 Å². The Balaban J connectivity index is 1.85. The lowest BCUT2D eigenvalue weighted by Crippen LogP contribution is -2.31. The van der Waals surface area contributed by atoms with Gasteiger partial charge in [-0.1, -0.05) is 40.2 Å². The second-order valence-corrected chi connectivity index (χ2v) is 6.31. The molecule has 0 bridgehead atoms. The standard InChI is InChI=1S/C15H16BrN3O/c1-9-12(8-17-19(9)2)15(20)18-14-11-6-4-3-5-10(11)7-13(14)16/h3-6,8,13-14H,7H2,1-2H3,(H,18,20). The van der Waals surface area contributed by atoms with Crippen LogP contribution in [0.2, 0.25) is 0 Å². The number of rotatable bonds is 2. The lowest BCUT2D eigenvalue weighted by atomic mass is 10.1. The molecule has 5 heteroatoms. The van der Waals surface area contributed by atoms with Gasteiger partial charge in [-0.05, 0) is 24.5 Å². The first-order chi connectivity index (χ1) is 9.58. The molecule has 104 valence electrons. The zero-order valence-corrected chi connectivity index (χ0v) is 13.0. The maximum absolute atomic E-state index is 12.4. The molecule has 1 aliphatic rings. The highest BCUT2D eigenvalue weighted by atomic mass is 79.9. The van der Waals surface area contributed by atoms with E-state index < -0.39 is 0 Å². The summed E-state index contributed by atoms with van der Waals surface area (Å²) in [5.41, 5.74) is 4.00. The SMILES string of the molecule is Cc1c(C(=O)NC2c3ccccc3CC2Br)cnn1C. The van der Waals surface area contributed by atoms with Gasteiger partial charge in [-0.3, -0.25) is 9.48 Å². The molecular formula is C15H16BrN3O. The van der Waals surface area contributed by atoms with E-state index in [9.17, 15) is 4.79 Å². The number of benzene rings is 1. The Morgan fingerprint density at radius 2 is 2.20 bits per heavy atom. The number of hydrogen-bond acceptors (Lipinski definition) is 2. The first-order valence-corrected chi connectivity index (χ1v) is 7.51. The Labute approximate surface area is 126 Å². The van der Waals surface area contributed by atoms with Crippen LogP contribution in [-0.2, 0) is 13.5 Å². The molecule has 0 saturated heterocycles. The highest BCUT2D eigenvalue weighted by molar-refractivity contribution is 9.09. The molecule has 1 aliphatic carbocycles. The molecular weight excluding hydrogens is 318 g/mol. The van der Waals surface area contributed by atoms with Crippen LogP contribution in [0.25, 0.3) is 0 Å². The number of fused-ring (bicyclic) bond motifs is 1. The number of hydrogen-bond donors (Lipinski definition) is 1. The van der Waals surface area contributed by atoms with Crippen LogP contribution in [0.5, 0.6) is 0 Å². The molecule has 1 amide bonds. The Bertz CT molecular complexity index is 665. The quantitative estimate of drug-likeness (QED) is 0.858. The van der Waals surface area contributed by atoms with E-state index in [2.05, 4.69) is 38.5 Å². The summed E-state index contributed by atoms with van der Waals surface area (Å²) in [6.45, 7) is 1.90. The molecule has 20 heavy (non-hydrogen) atoms. The summed E-state index contributed by atoms with van der Waals surface area (Å²) >= 11 is 3.67. The molecule has 2 atom stereocenters. The summed E-state index contributed by atoms with van der Waals surface area (Å²) in [5, 5.41) is 7.24. The molecule has 0 spiro atoms. The Hall–Kier alpha value is -1.62. The molecule has 0 saturated carbocycles. The van der Waals surface area contributed by atoms with Crippen molar-refractivity contribution in [2.45, 2.75) is 24.2 Å². The second-order valence-electron chi connectivity index (χ2n) is 5.14. The van der Waals surface area contributed by atoms with E-state index in [0.29, 0.717) is 5.56 Å². The molecule has 0 fully saturated rings. The van der Waals surface area contributed by atoms with Gasteiger partial charge in [0.1, 0.15) is 0 Å². The van der Waals surface area contributed by atoms with Crippen molar-refractivity contribution in [3.8, 4) is 0 Å². The van der Waals surface area contributed by atoms with Crippen LogP contribution < -0.4 is 5.32 Å². The molecule has 1 heterocycles. The number of amides is 1. The summed E-state index contributed by atoms with van der Waals surface area (Å²) in [5.74, 6) is -0.0678. The maximum Gasteiger partial charge on any atom is 0.255 e. The van der Waals surface area contributed by atoms with E-state index in [-0.39, 0.29) is 16.8 Å². The number of aromatic nitrogens is 2. The highest BCUT2D eigenvalue weighted by Crippen LogP contribution is 2.35. The van der Waals surface area contributed by atoms with Crippen LogP contribution >= 0.6 is 15.9 Å². The van der Waals surface area contributed by atoms with Gasteiger partial charge in [0.2, 0.25) is 0 Å². The summed E-state index contributed by atoms with van der Waals surface area (Å²) in [6.07, 6.45) is 2.56. The van der Waals surface area contributed by atoms with Crippen LogP contribution in [-0.4, -0.2) is 20.5 Å². The first kappa shape index (κ1) is 13.4. The third-order valence-electron chi connectivity index (χ3n) is 3.93. The molecule has 3 rings (SSSR count). The molecule has 1 aromatic heterocycles. The van der Waals surface area contributed by atoms with Crippen molar-refractivity contribution in [1.29, 1.82) is 0 Å². The Kier molecular flexibility index (Phi) is 3.38. The minimum atomic E-state index is -0.0678. The van der Waals surface area contributed by atoms with Gasteiger partial charge < -0.3 is 5.32 Å². The average Bonchev–Trinajstić information content (AvgIpc) is 2.92. The normalized spacial score (nSPS) is 20.8. The van der Waals surface area contributed by atoms with E-state index in [0.717, 1.165) is 12.1 Å². The van der Waals surface area contributed by atoms with Gasteiger partial charge in [0.15, 0.2) is 0 Å². The Morgan fingerprint density at radius 3 is 2.90 bits per heavy atom. The van der Waals surface area contributed by atoms with E-state index in [4.69, 9.17) is 0 Å². The predicted molar refractivity (Wildman–Crippen MR) is 81.0 cm³/mol. The van der Waals surface area contributed by atoms with Gasteiger partial charge in [0.25, 0.3) is 5.91 Å². The van der Waals surface area contributed by atoms with Crippen molar-refractivity contribution in [3.05, 3.63) is 52.8 Å². The number of nitrogens with zero attached hydrogens (tertiary/aromatic N) is 2. The van der Waals surface area contributed by atoms with Gasteiger partial charge in [-0.2, -0.15) is 5.10 Å². The first-order valence-electron chi connectivity index (χ1n) is 6.59. The maximum atomic E-state index is 12.4. The van der Waals surface area contributed by atoms with Gasteiger partial charge >= 0.3 is 0 Å². The summed E-state index contributed by atoms with van der Waals surface area (Å²) < 4.78 is 1.71. The summed E-state index contributed by atoms with van der Waals surface area (Å²) in [7, 11) is 1.84. The fourth-order valence-corrected chi connectivity index (χ4v) is 3.42. The van der Waals surface area contributed by atoms with Crippen molar-refractivity contribution in [3.63, 3.8) is 0 Å².